The number of nitrogens with one attached hydrogen (secondary N) is 1. The SMILES string of the molecule is O=C(NCC(=O)N1C2CCC1CC(C(=O)O)C2)OCC1c2ccccc2-c2ccccc21. The molecule has 0 saturated carbocycles. The number of amides is 2. The first-order valence-corrected chi connectivity index (χ1v) is 11.2. The number of nitrogens with zero attached hydrogens (tertiary/aromatic N) is 1. The molecule has 2 N–H and O–H groups in total. The number of hydrogen-bond acceptors (Lipinski definition) is 4. The van der Waals surface area contributed by atoms with Gasteiger partial charge in [0.15, 0.2) is 0 Å². The van der Waals surface area contributed by atoms with Crippen molar-refractivity contribution in [2.24, 2.45) is 5.92 Å². The molecule has 2 unspecified atom stereocenters. The lowest BCUT2D eigenvalue weighted by molar-refractivity contribution is -0.148. The number of fused-ring (bicyclic) bond motifs is 5. The molecule has 2 aromatic carbocycles. The van der Waals surface area contributed by atoms with Gasteiger partial charge in [0, 0.05) is 18.0 Å². The third-order valence-corrected chi connectivity index (χ3v) is 7.10. The lowest BCUT2D eigenvalue weighted by Gasteiger charge is -2.37. The minimum Gasteiger partial charge on any atom is -0.481 e. The zero-order valence-electron chi connectivity index (χ0n) is 17.7. The molecule has 5 rings (SSSR count). The number of ether oxygens (including phenoxy) is 1. The maximum atomic E-state index is 12.7. The first kappa shape index (κ1) is 20.5. The van der Waals surface area contributed by atoms with E-state index in [0.29, 0.717) is 12.8 Å². The van der Waals surface area contributed by atoms with E-state index in [1.54, 1.807) is 4.90 Å². The van der Waals surface area contributed by atoms with Crippen LogP contribution >= 0.6 is 0 Å². The molecule has 166 valence electrons. The molecule has 2 aromatic rings. The van der Waals surface area contributed by atoms with Gasteiger partial charge in [-0.1, -0.05) is 48.5 Å². The van der Waals surface area contributed by atoms with Crippen LogP contribution < -0.4 is 5.32 Å². The first-order valence-electron chi connectivity index (χ1n) is 11.2. The van der Waals surface area contributed by atoms with E-state index in [2.05, 4.69) is 29.6 Å². The van der Waals surface area contributed by atoms with Gasteiger partial charge in [-0.25, -0.2) is 4.79 Å². The number of carboxylic acid groups (broad SMARTS) is 1. The van der Waals surface area contributed by atoms with Crippen molar-refractivity contribution in [2.75, 3.05) is 13.2 Å². The number of carbonyl (C=O) groups is 3. The van der Waals surface area contributed by atoms with Crippen molar-refractivity contribution >= 4 is 18.0 Å². The highest BCUT2D eigenvalue weighted by Crippen LogP contribution is 2.44. The summed E-state index contributed by atoms with van der Waals surface area (Å²) in [6, 6.07) is 16.1. The summed E-state index contributed by atoms with van der Waals surface area (Å²) in [5.41, 5.74) is 4.59. The second-order valence-corrected chi connectivity index (χ2v) is 8.87. The van der Waals surface area contributed by atoms with E-state index >= 15 is 0 Å². The molecule has 3 aliphatic rings. The molecule has 2 fully saturated rings. The van der Waals surface area contributed by atoms with Crippen molar-refractivity contribution in [3.63, 3.8) is 0 Å². The minimum atomic E-state index is -0.786. The largest absolute Gasteiger partial charge is 0.481 e. The predicted molar refractivity (Wildman–Crippen MR) is 117 cm³/mol. The Labute approximate surface area is 186 Å². The third-order valence-electron chi connectivity index (χ3n) is 7.10. The number of aliphatic carboxylic acids is 1. The average molecular weight is 434 g/mol. The fourth-order valence-corrected chi connectivity index (χ4v) is 5.67. The summed E-state index contributed by atoms with van der Waals surface area (Å²) >= 11 is 0. The molecular formula is C25H26N2O5. The van der Waals surface area contributed by atoms with Crippen molar-refractivity contribution in [2.45, 2.75) is 43.7 Å². The Bertz CT molecular complexity index is 1010. The molecule has 2 heterocycles. The topological polar surface area (TPSA) is 95.9 Å². The van der Waals surface area contributed by atoms with Gasteiger partial charge in [-0.2, -0.15) is 0 Å². The molecule has 0 spiro atoms. The van der Waals surface area contributed by atoms with Crippen LogP contribution in [0.2, 0.25) is 0 Å². The van der Waals surface area contributed by atoms with Gasteiger partial charge in [-0.3, -0.25) is 9.59 Å². The smallest absolute Gasteiger partial charge is 0.407 e. The van der Waals surface area contributed by atoms with Gasteiger partial charge >= 0.3 is 12.1 Å². The van der Waals surface area contributed by atoms with E-state index in [4.69, 9.17) is 4.74 Å². The molecule has 7 heteroatoms. The van der Waals surface area contributed by atoms with Gasteiger partial charge in [0.05, 0.1) is 5.92 Å². The van der Waals surface area contributed by atoms with Gasteiger partial charge in [0.25, 0.3) is 0 Å². The van der Waals surface area contributed by atoms with E-state index in [0.717, 1.165) is 35.1 Å². The summed E-state index contributed by atoms with van der Waals surface area (Å²) in [5.74, 6) is -1.37. The van der Waals surface area contributed by atoms with Crippen LogP contribution in [-0.4, -0.2) is 53.2 Å². The highest BCUT2D eigenvalue weighted by molar-refractivity contribution is 5.84. The molecule has 1 aliphatic carbocycles. The Kier molecular flexibility index (Phi) is 5.33. The average Bonchev–Trinajstić information content (AvgIpc) is 3.26. The summed E-state index contributed by atoms with van der Waals surface area (Å²) < 4.78 is 5.50. The molecule has 2 amide bonds. The summed E-state index contributed by atoms with van der Waals surface area (Å²) in [4.78, 5) is 38.2. The van der Waals surface area contributed by atoms with Crippen LogP contribution in [-0.2, 0) is 14.3 Å². The molecular weight excluding hydrogens is 408 g/mol. The summed E-state index contributed by atoms with van der Waals surface area (Å²) in [6.07, 6.45) is 2.01. The fraction of sp³-hybridized carbons (Fsp3) is 0.400. The quantitative estimate of drug-likeness (QED) is 0.752. The van der Waals surface area contributed by atoms with E-state index in [9.17, 15) is 19.5 Å². The second-order valence-electron chi connectivity index (χ2n) is 8.87. The third kappa shape index (κ3) is 3.61. The number of hydrogen-bond donors (Lipinski definition) is 2. The van der Waals surface area contributed by atoms with Crippen molar-refractivity contribution in [1.82, 2.24) is 10.2 Å². The van der Waals surface area contributed by atoms with E-state index in [1.165, 1.54) is 0 Å². The van der Waals surface area contributed by atoms with Gasteiger partial charge in [0.2, 0.25) is 5.91 Å². The Morgan fingerprint density at radius 1 is 0.938 bits per heavy atom. The summed E-state index contributed by atoms with van der Waals surface area (Å²) in [7, 11) is 0. The van der Waals surface area contributed by atoms with Crippen molar-refractivity contribution < 1.29 is 24.2 Å². The number of rotatable bonds is 5. The van der Waals surface area contributed by atoms with Crippen LogP contribution in [0.25, 0.3) is 11.1 Å². The first-order chi connectivity index (χ1) is 15.5. The second kappa shape index (κ2) is 8.30. The maximum absolute atomic E-state index is 12.7. The Morgan fingerprint density at radius 3 is 2.06 bits per heavy atom. The molecule has 2 aliphatic heterocycles. The van der Waals surface area contributed by atoms with E-state index in [-0.39, 0.29) is 43.0 Å². The number of alkyl carbamates (subject to hydrolysis) is 1. The number of piperidine rings is 1. The zero-order chi connectivity index (χ0) is 22.2. The molecule has 2 bridgehead atoms. The monoisotopic (exact) mass is 434 g/mol. The Morgan fingerprint density at radius 2 is 1.50 bits per heavy atom. The highest BCUT2D eigenvalue weighted by Gasteiger charge is 2.45. The lowest BCUT2D eigenvalue weighted by atomic mass is 9.91. The van der Waals surface area contributed by atoms with Crippen LogP contribution in [0.15, 0.2) is 48.5 Å². The van der Waals surface area contributed by atoms with Crippen LogP contribution in [0.4, 0.5) is 4.79 Å². The molecule has 7 nitrogen and oxygen atoms in total. The molecule has 32 heavy (non-hydrogen) atoms. The van der Waals surface area contributed by atoms with Crippen LogP contribution in [0.1, 0.15) is 42.7 Å². The summed E-state index contributed by atoms with van der Waals surface area (Å²) in [5, 5.41) is 11.9. The number of carboxylic acids is 1. The zero-order valence-corrected chi connectivity index (χ0v) is 17.7. The number of benzene rings is 2. The number of carbonyl (C=O) groups excluding carboxylic acids is 2. The molecule has 0 radical (unpaired) electrons. The van der Waals surface area contributed by atoms with E-state index < -0.39 is 12.1 Å². The summed E-state index contributed by atoms with van der Waals surface area (Å²) in [6.45, 7) is 0.0602. The maximum Gasteiger partial charge on any atom is 0.407 e. The van der Waals surface area contributed by atoms with Gasteiger partial charge < -0.3 is 20.1 Å². The van der Waals surface area contributed by atoms with Crippen LogP contribution in [0, 0.1) is 5.92 Å². The fourth-order valence-electron chi connectivity index (χ4n) is 5.67. The van der Waals surface area contributed by atoms with Crippen molar-refractivity contribution in [1.29, 1.82) is 0 Å². The van der Waals surface area contributed by atoms with Crippen LogP contribution in [0.3, 0.4) is 0 Å². The van der Waals surface area contributed by atoms with Gasteiger partial charge in [0.1, 0.15) is 13.2 Å². The standard InChI is InChI=1S/C25H26N2O5/c28-23(27-16-9-10-17(27)12-15(11-16)24(29)30)13-26-25(31)32-14-22-20-7-3-1-5-18(20)19-6-2-4-8-21(19)22/h1-8,15-17,22H,9-14H2,(H,26,31)(H,29,30). The van der Waals surface area contributed by atoms with Crippen molar-refractivity contribution in [3.8, 4) is 11.1 Å². The minimum absolute atomic E-state index is 0.0326. The predicted octanol–water partition coefficient (Wildman–Crippen LogP) is 3.38. The van der Waals surface area contributed by atoms with Gasteiger partial charge in [-0.05, 0) is 47.9 Å². The van der Waals surface area contributed by atoms with Crippen molar-refractivity contribution in [3.05, 3.63) is 59.7 Å². The van der Waals surface area contributed by atoms with Crippen LogP contribution in [0.5, 0.6) is 0 Å². The Hall–Kier alpha value is -3.35. The highest BCUT2D eigenvalue weighted by atomic mass is 16.5. The normalized spacial score (nSPS) is 23.4. The van der Waals surface area contributed by atoms with Gasteiger partial charge in [-0.15, -0.1) is 0 Å². The molecule has 2 saturated heterocycles. The lowest BCUT2D eigenvalue weighted by Crippen LogP contribution is -2.51. The Balaban J connectivity index is 1.17. The van der Waals surface area contributed by atoms with E-state index in [1.807, 2.05) is 24.3 Å². The molecule has 0 aromatic heterocycles. The molecule has 2 atom stereocenters.